The molecule has 1 aromatic rings. The number of nitrogens with one attached hydrogen (secondary N) is 1. The molecule has 23 heavy (non-hydrogen) atoms. The van der Waals surface area contributed by atoms with Gasteiger partial charge in [-0.25, -0.2) is 8.42 Å². The van der Waals surface area contributed by atoms with E-state index < -0.39 is 33.8 Å². The minimum atomic E-state index is -3.53. The van der Waals surface area contributed by atoms with E-state index in [0.29, 0.717) is 13.0 Å². The Hall–Kier alpha value is -1.93. The number of amides is 2. The van der Waals surface area contributed by atoms with Gasteiger partial charge in [0.1, 0.15) is 12.1 Å². The maximum absolute atomic E-state index is 12.2. The predicted molar refractivity (Wildman–Crippen MR) is 83.2 cm³/mol. The highest BCUT2D eigenvalue weighted by Crippen LogP contribution is 2.14. The number of benzene rings is 1. The Morgan fingerprint density at radius 3 is 2.57 bits per heavy atom. The average Bonchev–Trinajstić information content (AvgIpc) is 3.06. The Kier molecular flexibility index (Phi) is 5.73. The van der Waals surface area contributed by atoms with Gasteiger partial charge in [0, 0.05) is 6.61 Å². The van der Waals surface area contributed by atoms with E-state index >= 15 is 0 Å². The van der Waals surface area contributed by atoms with Crippen molar-refractivity contribution in [3.8, 4) is 0 Å². The molecule has 3 N–H and O–H groups in total. The number of carbonyl (C=O) groups is 2. The van der Waals surface area contributed by atoms with Crippen LogP contribution in [-0.2, 0) is 24.2 Å². The van der Waals surface area contributed by atoms with Crippen LogP contribution in [0.1, 0.15) is 19.3 Å². The Morgan fingerprint density at radius 2 is 2.00 bits per heavy atom. The molecule has 0 aromatic heterocycles. The highest BCUT2D eigenvalue weighted by molar-refractivity contribution is 7.91. The number of rotatable bonds is 7. The summed E-state index contributed by atoms with van der Waals surface area (Å²) < 4.78 is 29.7. The lowest BCUT2D eigenvalue weighted by Crippen LogP contribution is -2.48. The zero-order valence-corrected chi connectivity index (χ0v) is 13.4. The van der Waals surface area contributed by atoms with Crippen LogP contribution >= 0.6 is 0 Å². The molecule has 7 nitrogen and oxygen atoms in total. The van der Waals surface area contributed by atoms with Crippen LogP contribution in [0.3, 0.4) is 0 Å². The second kappa shape index (κ2) is 7.56. The number of hydrogen-bond donors (Lipinski definition) is 2. The van der Waals surface area contributed by atoms with Crippen molar-refractivity contribution in [1.29, 1.82) is 0 Å². The van der Waals surface area contributed by atoms with Gasteiger partial charge in [0.05, 0.1) is 10.6 Å². The summed E-state index contributed by atoms with van der Waals surface area (Å²) in [5, 5.41) is 2.48. The van der Waals surface area contributed by atoms with Crippen LogP contribution in [0.5, 0.6) is 0 Å². The van der Waals surface area contributed by atoms with Crippen molar-refractivity contribution in [3.63, 3.8) is 0 Å². The normalized spacial score (nSPS) is 19.2. The molecule has 0 saturated carbocycles. The van der Waals surface area contributed by atoms with Gasteiger partial charge in [-0.2, -0.15) is 0 Å². The molecular formula is C15H20N2O5S. The van der Waals surface area contributed by atoms with Crippen molar-refractivity contribution in [2.24, 2.45) is 5.73 Å². The molecule has 1 aliphatic heterocycles. The highest BCUT2D eigenvalue weighted by atomic mass is 32.2. The maximum Gasteiger partial charge on any atom is 0.249 e. The standard InChI is InChI=1S/C15H20N2O5S/c16-14(18)12(17-15(19)13-7-4-9-22-13)8-10-23(20,21)11-5-2-1-3-6-11/h1-3,5-6,12-13H,4,7-10H2,(H2,16,18)(H,17,19)/t12-,13-/m0/s1. The molecule has 1 aliphatic rings. The second-order valence-electron chi connectivity index (χ2n) is 5.39. The molecule has 0 radical (unpaired) electrons. The molecule has 0 spiro atoms. The van der Waals surface area contributed by atoms with E-state index in [-0.39, 0.29) is 17.1 Å². The van der Waals surface area contributed by atoms with E-state index in [0.717, 1.165) is 6.42 Å². The minimum Gasteiger partial charge on any atom is -0.368 e. The van der Waals surface area contributed by atoms with Crippen molar-refractivity contribution >= 4 is 21.7 Å². The highest BCUT2D eigenvalue weighted by Gasteiger charge is 2.28. The Labute approximate surface area is 135 Å². The summed E-state index contributed by atoms with van der Waals surface area (Å²) in [7, 11) is -3.53. The number of nitrogens with two attached hydrogens (primary N) is 1. The van der Waals surface area contributed by atoms with Crippen LogP contribution in [0.4, 0.5) is 0 Å². The minimum absolute atomic E-state index is 0.0784. The van der Waals surface area contributed by atoms with Crippen LogP contribution < -0.4 is 11.1 Å². The third-order valence-corrected chi connectivity index (χ3v) is 5.42. The summed E-state index contributed by atoms with van der Waals surface area (Å²) in [6.07, 6.45) is 0.689. The van der Waals surface area contributed by atoms with Gasteiger partial charge in [0.25, 0.3) is 0 Å². The summed E-state index contributed by atoms with van der Waals surface area (Å²) in [6.45, 7) is 0.502. The smallest absolute Gasteiger partial charge is 0.249 e. The van der Waals surface area contributed by atoms with Crippen molar-refractivity contribution in [1.82, 2.24) is 5.32 Å². The van der Waals surface area contributed by atoms with Crippen LogP contribution in [0.15, 0.2) is 35.2 Å². The largest absolute Gasteiger partial charge is 0.368 e. The molecule has 1 heterocycles. The summed E-state index contributed by atoms with van der Waals surface area (Å²) in [4.78, 5) is 23.6. The average molecular weight is 340 g/mol. The second-order valence-corrected chi connectivity index (χ2v) is 7.49. The Bertz CT molecular complexity index is 654. The lowest BCUT2D eigenvalue weighted by atomic mass is 10.2. The summed E-state index contributed by atoms with van der Waals surface area (Å²) in [5.41, 5.74) is 5.26. The third-order valence-electron chi connectivity index (χ3n) is 3.66. The van der Waals surface area contributed by atoms with Crippen LogP contribution in [0, 0.1) is 0 Å². The lowest BCUT2D eigenvalue weighted by Gasteiger charge is -2.18. The third kappa shape index (κ3) is 4.77. The van der Waals surface area contributed by atoms with Gasteiger partial charge < -0.3 is 15.8 Å². The molecule has 2 amide bonds. The van der Waals surface area contributed by atoms with Crippen molar-refractivity contribution in [3.05, 3.63) is 30.3 Å². The molecule has 8 heteroatoms. The van der Waals surface area contributed by atoms with E-state index in [2.05, 4.69) is 5.32 Å². The zero-order chi connectivity index (χ0) is 16.9. The van der Waals surface area contributed by atoms with Gasteiger partial charge in [-0.3, -0.25) is 9.59 Å². The van der Waals surface area contributed by atoms with Gasteiger partial charge >= 0.3 is 0 Å². The zero-order valence-electron chi connectivity index (χ0n) is 12.6. The van der Waals surface area contributed by atoms with Crippen molar-refractivity contribution < 1.29 is 22.7 Å². The van der Waals surface area contributed by atoms with Gasteiger partial charge in [-0.1, -0.05) is 18.2 Å². The molecular weight excluding hydrogens is 320 g/mol. The first-order valence-corrected chi connectivity index (χ1v) is 9.04. The molecule has 1 fully saturated rings. The fraction of sp³-hybridized carbons (Fsp3) is 0.467. The molecule has 0 bridgehead atoms. The van der Waals surface area contributed by atoms with E-state index in [1.54, 1.807) is 18.2 Å². The summed E-state index contributed by atoms with van der Waals surface area (Å²) >= 11 is 0. The molecule has 126 valence electrons. The predicted octanol–water partition coefficient (Wildman–Crippen LogP) is -0.000500. The van der Waals surface area contributed by atoms with E-state index in [4.69, 9.17) is 10.5 Å². The monoisotopic (exact) mass is 340 g/mol. The number of hydrogen-bond acceptors (Lipinski definition) is 5. The van der Waals surface area contributed by atoms with Crippen molar-refractivity contribution in [2.75, 3.05) is 12.4 Å². The first kappa shape index (κ1) is 17.4. The first-order valence-electron chi connectivity index (χ1n) is 7.39. The number of carbonyl (C=O) groups excluding carboxylic acids is 2. The van der Waals surface area contributed by atoms with Gasteiger partial charge in [0.15, 0.2) is 9.84 Å². The first-order chi connectivity index (χ1) is 10.9. The van der Waals surface area contributed by atoms with Crippen LogP contribution in [0.25, 0.3) is 0 Å². The number of sulfone groups is 1. The molecule has 1 saturated heterocycles. The molecule has 0 unspecified atom stereocenters. The Balaban J connectivity index is 1.97. The van der Waals surface area contributed by atoms with Crippen LogP contribution in [-0.4, -0.2) is 44.7 Å². The van der Waals surface area contributed by atoms with Gasteiger partial charge in [-0.05, 0) is 31.4 Å². The molecule has 2 atom stereocenters. The van der Waals surface area contributed by atoms with E-state index in [1.165, 1.54) is 12.1 Å². The molecule has 1 aromatic carbocycles. The van der Waals surface area contributed by atoms with E-state index in [1.807, 2.05) is 0 Å². The maximum atomic E-state index is 12.2. The fourth-order valence-corrected chi connectivity index (χ4v) is 3.71. The molecule has 0 aliphatic carbocycles. The SMILES string of the molecule is NC(=O)[C@H](CCS(=O)(=O)c1ccccc1)NC(=O)[C@@H]1CCCO1. The van der Waals surface area contributed by atoms with E-state index in [9.17, 15) is 18.0 Å². The van der Waals surface area contributed by atoms with Crippen molar-refractivity contribution in [2.45, 2.75) is 36.3 Å². The lowest BCUT2D eigenvalue weighted by molar-refractivity contribution is -0.133. The number of primary amides is 1. The quantitative estimate of drug-likeness (QED) is 0.725. The number of ether oxygens (including phenoxy) is 1. The Morgan fingerprint density at radius 1 is 1.30 bits per heavy atom. The van der Waals surface area contributed by atoms with Crippen LogP contribution in [0.2, 0.25) is 0 Å². The van der Waals surface area contributed by atoms with Gasteiger partial charge in [0.2, 0.25) is 11.8 Å². The summed E-state index contributed by atoms with van der Waals surface area (Å²) in [6, 6.07) is 6.90. The van der Waals surface area contributed by atoms with Gasteiger partial charge in [-0.15, -0.1) is 0 Å². The topological polar surface area (TPSA) is 116 Å². The molecule has 2 rings (SSSR count). The fourth-order valence-electron chi connectivity index (χ4n) is 2.35. The summed E-state index contributed by atoms with van der Waals surface area (Å²) in [5.74, 6) is -1.47.